The number of nitrogens with zero attached hydrogens (tertiary/aromatic N) is 2. The predicted molar refractivity (Wildman–Crippen MR) is 89.1 cm³/mol. The van der Waals surface area contributed by atoms with E-state index in [0.717, 1.165) is 0 Å². The molecule has 0 saturated carbocycles. The maximum Gasteiger partial charge on any atom is 0.285 e. The second-order valence-electron chi connectivity index (χ2n) is 5.74. The minimum atomic E-state index is -3.72. The second kappa shape index (κ2) is 7.00. The Balaban J connectivity index is 2.00. The van der Waals surface area contributed by atoms with E-state index in [1.54, 1.807) is 25.2 Å². The second-order valence-corrected chi connectivity index (χ2v) is 7.31. The third kappa shape index (κ3) is 4.10. The maximum atomic E-state index is 12.0. The van der Waals surface area contributed by atoms with Gasteiger partial charge in [0, 0.05) is 18.7 Å². The summed E-state index contributed by atoms with van der Waals surface area (Å²) in [4.78, 5) is 25.0. The van der Waals surface area contributed by atoms with Crippen LogP contribution in [0.4, 0.5) is 0 Å². The number of carbonyl (C=O) groups is 2. The van der Waals surface area contributed by atoms with Crippen LogP contribution in [0.3, 0.4) is 0 Å². The summed E-state index contributed by atoms with van der Waals surface area (Å²) in [7, 11) is -2.15. The molecule has 1 aliphatic rings. The molecular formula is C15H20N4O4S. The van der Waals surface area contributed by atoms with Crippen LogP contribution in [0.2, 0.25) is 0 Å². The molecule has 24 heavy (non-hydrogen) atoms. The molecule has 130 valence electrons. The molecular weight excluding hydrogens is 332 g/mol. The summed E-state index contributed by atoms with van der Waals surface area (Å²) in [5.74, 6) is -0.472. The van der Waals surface area contributed by atoms with Crippen LogP contribution in [0.5, 0.6) is 0 Å². The van der Waals surface area contributed by atoms with Gasteiger partial charge in [0.25, 0.3) is 10.0 Å². The third-order valence-electron chi connectivity index (χ3n) is 3.25. The van der Waals surface area contributed by atoms with Crippen LogP contribution >= 0.6 is 0 Å². The van der Waals surface area contributed by atoms with Crippen LogP contribution in [0.25, 0.3) is 0 Å². The highest BCUT2D eigenvalue weighted by molar-refractivity contribution is 7.90. The molecule has 2 N–H and O–H groups in total. The molecule has 0 atom stereocenters. The Morgan fingerprint density at radius 3 is 2.54 bits per heavy atom. The van der Waals surface area contributed by atoms with Gasteiger partial charge in [-0.1, -0.05) is 12.1 Å². The average Bonchev–Trinajstić information content (AvgIpc) is 2.77. The molecule has 2 amide bonds. The highest BCUT2D eigenvalue weighted by atomic mass is 32.2. The lowest BCUT2D eigenvalue weighted by atomic mass is 10.2. The molecule has 2 rings (SSSR count). The fourth-order valence-corrected chi connectivity index (χ4v) is 3.51. The van der Waals surface area contributed by atoms with Gasteiger partial charge >= 0.3 is 0 Å². The summed E-state index contributed by atoms with van der Waals surface area (Å²) in [6.07, 6.45) is 0. The van der Waals surface area contributed by atoms with Crippen LogP contribution in [0.15, 0.2) is 33.6 Å². The van der Waals surface area contributed by atoms with Crippen molar-refractivity contribution >= 4 is 27.7 Å². The molecule has 0 fully saturated rings. The molecule has 9 heteroatoms. The van der Waals surface area contributed by atoms with Crippen molar-refractivity contribution in [2.45, 2.75) is 24.8 Å². The van der Waals surface area contributed by atoms with Gasteiger partial charge in [0.15, 0.2) is 5.84 Å². The van der Waals surface area contributed by atoms with E-state index >= 15 is 0 Å². The Morgan fingerprint density at radius 2 is 1.88 bits per heavy atom. The van der Waals surface area contributed by atoms with Crippen LogP contribution in [0.1, 0.15) is 19.4 Å². The third-order valence-corrected chi connectivity index (χ3v) is 4.58. The van der Waals surface area contributed by atoms with Crippen LogP contribution in [-0.4, -0.2) is 57.1 Å². The summed E-state index contributed by atoms with van der Waals surface area (Å²) in [5.41, 5.74) is 0.463. The maximum absolute atomic E-state index is 12.0. The first-order chi connectivity index (χ1) is 11.2. The van der Waals surface area contributed by atoms with Crippen molar-refractivity contribution in [1.29, 1.82) is 0 Å². The number of amides is 2. The number of fused-ring (bicyclic) bond motifs is 1. The largest absolute Gasteiger partial charge is 0.352 e. The fraction of sp³-hybridized carbons (Fsp3) is 0.400. The molecule has 0 aromatic heterocycles. The van der Waals surface area contributed by atoms with Gasteiger partial charge in [0.05, 0.1) is 13.1 Å². The van der Waals surface area contributed by atoms with Crippen molar-refractivity contribution in [1.82, 2.24) is 15.5 Å². The van der Waals surface area contributed by atoms with Crippen molar-refractivity contribution < 1.29 is 18.0 Å². The van der Waals surface area contributed by atoms with E-state index in [-0.39, 0.29) is 35.8 Å². The van der Waals surface area contributed by atoms with E-state index in [9.17, 15) is 18.0 Å². The molecule has 1 aromatic rings. The predicted octanol–water partition coefficient (Wildman–Crippen LogP) is -0.292. The molecule has 0 saturated heterocycles. The smallest absolute Gasteiger partial charge is 0.285 e. The van der Waals surface area contributed by atoms with Gasteiger partial charge < -0.3 is 15.5 Å². The average molecular weight is 352 g/mol. The molecule has 1 aromatic carbocycles. The number of carbonyl (C=O) groups excluding carboxylic acids is 2. The Morgan fingerprint density at radius 1 is 1.21 bits per heavy atom. The zero-order valence-corrected chi connectivity index (χ0v) is 14.6. The van der Waals surface area contributed by atoms with Gasteiger partial charge in [0.1, 0.15) is 4.90 Å². The molecule has 0 aliphatic carbocycles. The SMILES string of the molecule is CC(C)NC(=O)CNC(=O)CN(C)C1=NS(=O)(=O)c2ccccc21. The molecule has 1 heterocycles. The van der Waals surface area contributed by atoms with E-state index in [4.69, 9.17) is 0 Å². The van der Waals surface area contributed by atoms with E-state index in [1.807, 2.05) is 13.8 Å². The lowest BCUT2D eigenvalue weighted by Crippen LogP contribution is -2.43. The minimum Gasteiger partial charge on any atom is -0.352 e. The van der Waals surface area contributed by atoms with Gasteiger partial charge in [-0.25, -0.2) is 0 Å². The molecule has 0 bridgehead atoms. The monoisotopic (exact) mass is 352 g/mol. The van der Waals surface area contributed by atoms with Crippen molar-refractivity contribution in [3.63, 3.8) is 0 Å². The number of hydrogen-bond donors (Lipinski definition) is 2. The Hall–Kier alpha value is -2.42. The fourth-order valence-electron chi connectivity index (χ4n) is 2.26. The topological polar surface area (TPSA) is 108 Å². The lowest BCUT2D eigenvalue weighted by molar-refractivity contribution is -0.126. The summed E-state index contributed by atoms with van der Waals surface area (Å²) >= 11 is 0. The van der Waals surface area contributed by atoms with Crippen LogP contribution in [0, 0.1) is 0 Å². The van der Waals surface area contributed by atoms with Crippen molar-refractivity contribution in [3.05, 3.63) is 29.8 Å². The number of benzene rings is 1. The van der Waals surface area contributed by atoms with Crippen LogP contribution in [-0.2, 0) is 19.6 Å². The van der Waals surface area contributed by atoms with Crippen molar-refractivity contribution in [2.75, 3.05) is 20.1 Å². The number of rotatable bonds is 5. The van der Waals surface area contributed by atoms with Crippen LogP contribution < -0.4 is 10.6 Å². The van der Waals surface area contributed by atoms with Gasteiger partial charge in [-0.05, 0) is 26.0 Å². The highest BCUT2D eigenvalue weighted by Gasteiger charge is 2.30. The number of nitrogens with one attached hydrogen (secondary N) is 2. The molecule has 1 aliphatic heterocycles. The van der Waals surface area contributed by atoms with E-state index in [2.05, 4.69) is 15.0 Å². The molecule has 0 spiro atoms. The Kier molecular flexibility index (Phi) is 5.23. The van der Waals surface area contributed by atoms with E-state index in [0.29, 0.717) is 5.56 Å². The van der Waals surface area contributed by atoms with Crippen molar-refractivity contribution in [3.8, 4) is 0 Å². The zero-order valence-electron chi connectivity index (χ0n) is 13.7. The zero-order chi connectivity index (χ0) is 17.9. The molecule has 8 nitrogen and oxygen atoms in total. The normalized spacial score (nSPS) is 14.8. The Bertz CT molecular complexity index is 786. The first-order valence-corrected chi connectivity index (χ1v) is 8.86. The Labute approximate surface area is 141 Å². The van der Waals surface area contributed by atoms with E-state index < -0.39 is 15.9 Å². The first kappa shape index (κ1) is 17.9. The minimum absolute atomic E-state index is 0.00775. The number of sulfonamides is 1. The number of likely N-dealkylation sites (N-methyl/N-ethyl adjacent to an activating group) is 1. The van der Waals surface area contributed by atoms with Gasteiger partial charge in [-0.2, -0.15) is 8.42 Å². The molecule has 0 radical (unpaired) electrons. The van der Waals surface area contributed by atoms with Gasteiger partial charge in [-0.3, -0.25) is 9.59 Å². The number of hydrogen-bond acceptors (Lipinski definition) is 5. The summed E-state index contributed by atoms with van der Waals surface area (Å²) in [6.45, 7) is 3.40. The summed E-state index contributed by atoms with van der Waals surface area (Å²) < 4.78 is 27.7. The van der Waals surface area contributed by atoms with Crippen molar-refractivity contribution in [2.24, 2.45) is 4.40 Å². The van der Waals surface area contributed by atoms with Gasteiger partial charge in [0.2, 0.25) is 11.8 Å². The quantitative estimate of drug-likeness (QED) is 0.757. The standard InChI is InChI=1S/C15H20N4O4S/c1-10(2)17-13(20)8-16-14(21)9-19(3)15-11-6-4-5-7-12(11)24(22,23)18-15/h4-7,10H,8-9H2,1-3H3,(H,16,21)(H,17,20). The summed E-state index contributed by atoms with van der Waals surface area (Å²) in [5, 5.41) is 5.15. The number of amidine groups is 1. The first-order valence-electron chi connectivity index (χ1n) is 7.42. The van der Waals surface area contributed by atoms with Gasteiger partial charge in [-0.15, -0.1) is 4.40 Å². The highest BCUT2D eigenvalue weighted by Crippen LogP contribution is 2.26. The molecule has 0 unspecified atom stereocenters. The van der Waals surface area contributed by atoms with E-state index in [1.165, 1.54) is 11.0 Å². The lowest BCUT2D eigenvalue weighted by Gasteiger charge is -2.18. The summed E-state index contributed by atoms with van der Waals surface area (Å²) in [6, 6.07) is 6.44.